The molecule has 3 aromatic rings. The van der Waals surface area contributed by atoms with Gasteiger partial charge in [-0.2, -0.15) is 5.10 Å². The fraction of sp³-hybridized carbons (Fsp3) is 0.176. The predicted octanol–water partition coefficient (Wildman–Crippen LogP) is 3.21. The SMILES string of the molecule is O[C@H](c1ccc(Cl)cc1)[C@](O)(Cn1cncn1)c1ccc(Cl)cc1. The molecule has 0 radical (unpaired) electrons. The summed E-state index contributed by atoms with van der Waals surface area (Å²) in [5, 5.41) is 27.3. The molecule has 0 unspecified atom stereocenters. The summed E-state index contributed by atoms with van der Waals surface area (Å²) in [6, 6.07) is 13.4. The average Bonchev–Trinajstić information content (AvgIpc) is 3.08. The summed E-state index contributed by atoms with van der Waals surface area (Å²) in [7, 11) is 0. The smallest absolute Gasteiger partial charge is 0.139 e. The molecule has 2 aromatic carbocycles. The summed E-state index contributed by atoms with van der Waals surface area (Å²) in [6.45, 7) is 0.0262. The molecule has 1 heterocycles. The van der Waals surface area contributed by atoms with E-state index in [0.717, 1.165) is 0 Å². The van der Waals surface area contributed by atoms with Crippen LogP contribution >= 0.6 is 23.2 Å². The molecule has 0 aliphatic carbocycles. The molecule has 0 bridgehead atoms. The van der Waals surface area contributed by atoms with E-state index in [1.54, 1.807) is 48.5 Å². The van der Waals surface area contributed by atoms with Gasteiger partial charge in [-0.1, -0.05) is 47.5 Å². The van der Waals surface area contributed by atoms with Gasteiger partial charge in [-0.25, -0.2) is 9.67 Å². The van der Waals surface area contributed by atoms with Crippen LogP contribution in [0.15, 0.2) is 61.2 Å². The van der Waals surface area contributed by atoms with Crippen molar-refractivity contribution >= 4 is 23.2 Å². The first-order valence-corrected chi connectivity index (χ1v) is 7.99. The second kappa shape index (κ2) is 6.91. The quantitative estimate of drug-likeness (QED) is 0.729. The van der Waals surface area contributed by atoms with Crippen LogP contribution in [0.5, 0.6) is 0 Å². The summed E-state index contributed by atoms with van der Waals surface area (Å²) in [4.78, 5) is 3.88. The summed E-state index contributed by atoms with van der Waals surface area (Å²) in [5.41, 5.74) is -0.562. The third-order valence-corrected chi connectivity index (χ3v) is 4.36. The lowest BCUT2D eigenvalue weighted by molar-refractivity contribution is -0.0965. The second-order valence-corrected chi connectivity index (χ2v) is 6.35. The van der Waals surface area contributed by atoms with Crippen LogP contribution in [0, 0.1) is 0 Å². The van der Waals surface area contributed by atoms with Crippen molar-refractivity contribution in [3.05, 3.63) is 82.4 Å². The Morgan fingerprint density at radius 2 is 1.58 bits per heavy atom. The molecule has 0 saturated carbocycles. The summed E-state index contributed by atoms with van der Waals surface area (Å²) in [5.74, 6) is 0. The minimum atomic E-state index is -1.62. The third-order valence-electron chi connectivity index (χ3n) is 3.85. The van der Waals surface area contributed by atoms with Crippen molar-refractivity contribution < 1.29 is 10.2 Å². The molecule has 7 heteroatoms. The van der Waals surface area contributed by atoms with Gasteiger partial charge in [0.05, 0.1) is 6.54 Å². The van der Waals surface area contributed by atoms with Crippen molar-refractivity contribution in [3.8, 4) is 0 Å². The fourth-order valence-corrected chi connectivity index (χ4v) is 2.81. The van der Waals surface area contributed by atoms with Crippen LogP contribution in [-0.4, -0.2) is 25.0 Å². The van der Waals surface area contributed by atoms with Crippen LogP contribution in [-0.2, 0) is 12.1 Å². The Kier molecular flexibility index (Phi) is 4.87. The van der Waals surface area contributed by atoms with Crippen LogP contribution in [0.25, 0.3) is 0 Å². The van der Waals surface area contributed by atoms with E-state index in [1.807, 2.05) is 0 Å². The molecule has 5 nitrogen and oxygen atoms in total. The maximum Gasteiger partial charge on any atom is 0.139 e. The zero-order valence-electron chi connectivity index (χ0n) is 12.5. The normalized spacial score (nSPS) is 15.0. The van der Waals surface area contributed by atoms with Gasteiger partial charge >= 0.3 is 0 Å². The van der Waals surface area contributed by atoms with Crippen molar-refractivity contribution in [1.82, 2.24) is 14.8 Å². The van der Waals surface area contributed by atoms with E-state index in [0.29, 0.717) is 21.2 Å². The summed E-state index contributed by atoms with van der Waals surface area (Å²) < 4.78 is 1.47. The van der Waals surface area contributed by atoms with Gasteiger partial charge in [-0.15, -0.1) is 0 Å². The maximum atomic E-state index is 11.3. The largest absolute Gasteiger partial charge is 0.385 e. The van der Waals surface area contributed by atoms with Crippen molar-refractivity contribution in [2.45, 2.75) is 18.2 Å². The van der Waals surface area contributed by atoms with E-state index in [9.17, 15) is 10.2 Å². The zero-order valence-corrected chi connectivity index (χ0v) is 14.1. The van der Waals surface area contributed by atoms with Gasteiger partial charge in [0.15, 0.2) is 0 Å². The number of aromatic nitrogens is 3. The Bertz CT molecular complexity index is 792. The van der Waals surface area contributed by atoms with E-state index in [2.05, 4.69) is 10.1 Å². The number of aliphatic hydroxyl groups excluding tert-OH is 1. The lowest BCUT2D eigenvalue weighted by Gasteiger charge is -2.33. The zero-order chi connectivity index (χ0) is 17.2. The Labute approximate surface area is 149 Å². The number of hydrogen-bond donors (Lipinski definition) is 2. The molecular formula is C17H15Cl2N3O2. The molecule has 24 heavy (non-hydrogen) atoms. The monoisotopic (exact) mass is 363 g/mol. The van der Waals surface area contributed by atoms with Gasteiger partial charge in [-0.05, 0) is 35.4 Å². The Morgan fingerprint density at radius 1 is 1.00 bits per heavy atom. The van der Waals surface area contributed by atoms with Crippen LogP contribution in [0.2, 0.25) is 10.0 Å². The Morgan fingerprint density at radius 3 is 2.12 bits per heavy atom. The highest BCUT2D eigenvalue weighted by Crippen LogP contribution is 2.37. The molecule has 2 N–H and O–H groups in total. The minimum Gasteiger partial charge on any atom is -0.385 e. The molecule has 3 rings (SSSR count). The van der Waals surface area contributed by atoms with Crippen molar-refractivity contribution in [1.29, 1.82) is 0 Å². The fourth-order valence-electron chi connectivity index (χ4n) is 2.56. The van der Waals surface area contributed by atoms with Crippen molar-refractivity contribution in [2.24, 2.45) is 0 Å². The molecule has 0 fully saturated rings. The maximum absolute atomic E-state index is 11.3. The van der Waals surface area contributed by atoms with Crippen LogP contribution in [0.4, 0.5) is 0 Å². The molecule has 0 spiro atoms. The first kappa shape index (κ1) is 16.9. The topological polar surface area (TPSA) is 71.2 Å². The van der Waals surface area contributed by atoms with Gasteiger partial charge in [0.2, 0.25) is 0 Å². The molecule has 0 aliphatic heterocycles. The van der Waals surface area contributed by atoms with Crippen LogP contribution in [0.3, 0.4) is 0 Å². The van der Waals surface area contributed by atoms with Crippen molar-refractivity contribution in [2.75, 3.05) is 0 Å². The number of rotatable bonds is 5. The molecule has 2 atom stereocenters. The van der Waals surface area contributed by atoms with E-state index >= 15 is 0 Å². The van der Waals surface area contributed by atoms with Crippen molar-refractivity contribution in [3.63, 3.8) is 0 Å². The number of hydrogen-bond acceptors (Lipinski definition) is 4. The lowest BCUT2D eigenvalue weighted by Crippen LogP contribution is -2.38. The Hall–Kier alpha value is -1.92. The van der Waals surface area contributed by atoms with E-state index < -0.39 is 11.7 Å². The number of aliphatic hydroxyl groups is 2. The van der Waals surface area contributed by atoms with Crippen LogP contribution in [0.1, 0.15) is 17.2 Å². The van der Waals surface area contributed by atoms with E-state index in [4.69, 9.17) is 23.2 Å². The number of nitrogens with zero attached hydrogens (tertiary/aromatic N) is 3. The minimum absolute atomic E-state index is 0.0262. The highest BCUT2D eigenvalue weighted by Gasteiger charge is 2.39. The van der Waals surface area contributed by atoms with Gasteiger partial charge < -0.3 is 10.2 Å². The lowest BCUT2D eigenvalue weighted by atomic mass is 9.84. The highest BCUT2D eigenvalue weighted by atomic mass is 35.5. The third kappa shape index (κ3) is 3.44. The highest BCUT2D eigenvalue weighted by molar-refractivity contribution is 6.30. The Balaban J connectivity index is 2.03. The molecule has 124 valence electrons. The number of halogens is 2. The first-order valence-electron chi connectivity index (χ1n) is 7.23. The predicted molar refractivity (Wildman–Crippen MR) is 91.8 cm³/mol. The summed E-state index contributed by atoms with van der Waals surface area (Å²) >= 11 is 11.8. The van der Waals surface area contributed by atoms with Crippen LogP contribution < -0.4 is 0 Å². The first-order chi connectivity index (χ1) is 11.5. The molecule has 0 saturated heterocycles. The standard InChI is InChI=1S/C17H15Cl2N3O2/c18-14-5-1-12(2-6-14)16(23)17(24,9-22-11-20-10-21-22)13-3-7-15(19)8-4-13/h1-8,10-11,16,23-24H,9H2/t16-,17+/m1/s1. The molecular weight excluding hydrogens is 349 g/mol. The van der Waals surface area contributed by atoms with Gasteiger partial charge in [0, 0.05) is 10.0 Å². The van der Waals surface area contributed by atoms with E-state index in [-0.39, 0.29) is 6.54 Å². The second-order valence-electron chi connectivity index (χ2n) is 5.48. The molecule has 0 amide bonds. The van der Waals surface area contributed by atoms with Gasteiger partial charge in [-0.3, -0.25) is 0 Å². The van der Waals surface area contributed by atoms with Gasteiger partial charge in [0.1, 0.15) is 24.4 Å². The van der Waals surface area contributed by atoms with Gasteiger partial charge in [0.25, 0.3) is 0 Å². The summed E-state index contributed by atoms with van der Waals surface area (Å²) in [6.07, 6.45) is 1.66. The molecule has 1 aromatic heterocycles. The van der Waals surface area contributed by atoms with E-state index in [1.165, 1.54) is 17.3 Å². The average molecular weight is 364 g/mol. The molecule has 0 aliphatic rings. The number of benzene rings is 2.